The summed E-state index contributed by atoms with van der Waals surface area (Å²) in [6.07, 6.45) is 1.46. The van der Waals surface area contributed by atoms with Gasteiger partial charge in [-0.1, -0.05) is 12.1 Å². The molecular formula is C23H30N2O5S. The van der Waals surface area contributed by atoms with Crippen LogP contribution in [0.25, 0.3) is 0 Å². The van der Waals surface area contributed by atoms with E-state index in [0.717, 1.165) is 22.4 Å². The highest BCUT2D eigenvalue weighted by Gasteiger charge is 2.28. The second-order valence-electron chi connectivity index (χ2n) is 7.89. The zero-order valence-electron chi connectivity index (χ0n) is 18.5. The Morgan fingerprint density at radius 3 is 2.23 bits per heavy atom. The summed E-state index contributed by atoms with van der Waals surface area (Å²) in [5.74, 6) is 1.13. The number of hydrogen-bond donors (Lipinski definition) is 1. The molecule has 0 atom stereocenters. The van der Waals surface area contributed by atoms with E-state index in [0.29, 0.717) is 38.1 Å². The molecule has 1 saturated heterocycles. The van der Waals surface area contributed by atoms with Crippen molar-refractivity contribution in [3.05, 3.63) is 53.1 Å². The molecule has 1 fully saturated rings. The zero-order chi connectivity index (χ0) is 22.6. The van der Waals surface area contributed by atoms with Crippen LogP contribution in [0.4, 0.5) is 0 Å². The van der Waals surface area contributed by atoms with Crippen LogP contribution < -0.4 is 14.2 Å². The molecule has 0 unspecified atom stereocenters. The number of likely N-dealkylation sites (tertiary alicyclic amines) is 1. The van der Waals surface area contributed by atoms with Crippen LogP contribution in [0.15, 0.2) is 41.3 Å². The highest BCUT2D eigenvalue weighted by molar-refractivity contribution is 7.89. The molecule has 0 bridgehead atoms. The molecule has 1 amide bonds. The SMILES string of the molecule is COc1ccc(CC(=O)N2CCC(NS(=O)(=O)c3cc(C)c(C)cc3OC)CC2)cc1. The van der Waals surface area contributed by atoms with Crippen LogP contribution in [-0.2, 0) is 21.2 Å². The summed E-state index contributed by atoms with van der Waals surface area (Å²) < 4.78 is 39.2. The van der Waals surface area contributed by atoms with Crippen molar-refractivity contribution >= 4 is 15.9 Å². The van der Waals surface area contributed by atoms with E-state index >= 15 is 0 Å². The standard InChI is InChI=1S/C23H30N2O5S/c1-16-13-21(30-4)22(14-17(16)2)31(27,28)24-19-9-11-25(12-10-19)23(26)15-18-5-7-20(29-3)8-6-18/h5-8,13-14,19,24H,9-12,15H2,1-4H3. The Morgan fingerprint density at radius 1 is 1.03 bits per heavy atom. The highest BCUT2D eigenvalue weighted by atomic mass is 32.2. The van der Waals surface area contributed by atoms with E-state index in [2.05, 4.69) is 4.72 Å². The number of piperidine rings is 1. The van der Waals surface area contributed by atoms with Crippen molar-refractivity contribution in [3.8, 4) is 11.5 Å². The lowest BCUT2D eigenvalue weighted by Crippen LogP contribution is -2.46. The molecule has 2 aromatic carbocycles. The van der Waals surface area contributed by atoms with Crippen molar-refractivity contribution in [2.75, 3.05) is 27.3 Å². The Morgan fingerprint density at radius 2 is 1.65 bits per heavy atom. The summed E-state index contributed by atoms with van der Waals surface area (Å²) in [5.41, 5.74) is 2.79. The Bertz CT molecular complexity index is 1030. The van der Waals surface area contributed by atoms with E-state index in [1.54, 1.807) is 24.1 Å². The maximum absolute atomic E-state index is 13.0. The molecule has 0 radical (unpaired) electrons. The molecule has 1 aliphatic heterocycles. The second-order valence-corrected chi connectivity index (χ2v) is 9.57. The van der Waals surface area contributed by atoms with Crippen LogP contribution >= 0.6 is 0 Å². The first-order valence-electron chi connectivity index (χ1n) is 10.3. The van der Waals surface area contributed by atoms with Gasteiger partial charge in [-0.25, -0.2) is 13.1 Å². The van der Waals surface area contributed by atoms with Gasteiger partial charge in [-0.15, -0.1) is 0 Å². The number of nitrogens with one attached hydrogen (secondary N) is 1. The Balaban J connectivity index is 1.59. The van der Waals surface area contributed by atoms with Gasteiger partial charge in [0.25, 0.3) is 0 Å². The second kappa shape index (κ2) is 9.70. The molecule has 7 nitrogen and oxygen atoms in total. The molecule has 168 valence electrons. The fourth-order valence-electron chi connectivity index (χ4n) is 3.69. The molecule has 1 aliphatic rings. The number of aryl methyl sites for hydroxylation is 2. The van der Waals surface area contributed by atoms with Gasteiger partial charge in [0.2, 0.25) is 15.9 Å². The quantitative estimate of drug-likeness (QED) is 0.707. The zero-order valence-corrected chi connectivity index (χ0v) is 19.3. The molecule has 31 heavy (non-hydrogen) atoms. The molecule has 3 rings (SSSR count). The average Bonchev–Trinajstić information content (AvgIpc) is 2.76. The summed E-state index contributed by atoms with van der Waals surface area (Å²) in [5, 5.41) is 0. The molecule has 1 N–H and O–H groups in total. The van der Waals surface area contributed by atoms with E-state index in [9.17, 15) is 13.2 Å². The van der Waals surface area contributed by atoms with Crippen LogP contribution in [0.1, 0.15) is 29.5 Å². The first-order valence-corrected chi connectivity index (χ1v) is 11.8. The van der Waals surface area contributed by atoms with Crippen molar-refractivity contribution in [1.82, 2.24) is 9.62 Å². The minimum absolute atomic E-state index is 0.0438. The summed E-state index contributed by atoms with van der Waals surface area (Å²) in [6, 6.07) is 10.6. The number of carbonyl (C=O) groups is 1. The molecular weight excluding hydrogens is 416 g/mol. The van der Waals surface area contributed by atoms with E-state index in [4.69, 9.17) is 9.47 Å². The Hall–Kier alpha value is -2.58. The third-order valence-corrected chi connectivity index (χ3v) is 7.30. The maximum Gasteiger partial charge on any atom is 0.244 e. The fraction of sp³-hybridized carbons (Fsp3) is 0.435. The average molecular weight is 447 g/mol. The number of sulfonamides is 1. The number of ether oxygens (including phenoxy) is 2. The van der Waals surface area contributed by atoms with Crippen molar-refractivity contribution in [2.45, 2.75) is 44.0 Å². The monoisotopic (exact) mass is 446 g/mol. The van der Waals surface area contributed by atoms with Gasteiger partial charge >= 0.3 is 0 Å². The summed E-state index contributed by atoms with van der Waals surface area (Å²) in [7, 11) is -0.651. The first kappa shape index (κ1) is 23.1. The Kier molecular flexibility index (Phi) is 7.23. The molecule has 1 heterocycles. The van der Waals surface area contributed by atoms with E-state index < -0.39 is 10.0 Å². The number of hydrogen-bond acceptors (Lipinski definition) is 5. The number of benzene rings is 2. The fourth-order valence-corrected chi connectivity index (χ4v) is 5.23. The molecule has 0 saturated carbocycles. The highest BCUT2D eigenvalue weighted by Crippen LogP contribution is 2.28. The lowest BCUT2D eigenvalue weighted by atomic mass is 10.0. The number of amides is 1. The lowest BCUT2D eigenvalue weighted by molar-refractivity contribution is -0.131. The largest absolute Gasteiger partial charge is 0.497 e. The predicted octanol–water partition coefficient (Wildman–Crippen LogP) is 2.83. The van der Waals surface area contributed by atoms with E-state index in [1.807, 2.05) is 38.1 Å². The van der Waals surface area contributed by atoms with Crippen molar-refractivity contribution < 1.29 is 22.7 Å². The Labute approximate surface area is 184 Å². The van der Waals surface area contributed by atoms with Gasteiger partial charge in [-0.2, -0.15) is 0 Å². The molecule has 0 aliphatic carbocycles. The van der Waals surface area contributed by atoms with Crippen molar-refractivity contribution in [3.63, 3.8) is 0 Å². The topological polar surface area (TPSA) is 84.9 Å². The molecule has 8 heteroatoms. The van der Waals surface area contributed by atoms with Crippen molar-refractivity contribution in [1.29, 1.82) is 0 Å². The number of nitrogens with zero attached hydrogens (tertiary/aromatic N) is 1. The minimum Gasteiger partial charge on any atom is -0.497 e. The normalized spacial score (nSPS) is 15.0. The van der Waals surface area contributed by atoms with Crippen molar-refractivity contribution in [2.24, 2.45) is 0 Å². The van der Waals surface area contributed by atoms with Gasteiger partial charge in [0.05, 0.1) is 20.6 Å². The summed E-state index contributed by atoms with van der Waals surface area (Å²) in [4.78, 5) is 14.6. The molecule has 0 aromatic heterocycles. The molecule has 2 aromatic rings. The summed E-state index contributed by atoms with van der Waals surface area (Å²) in [6.45, 7) is 4.83. The van der Waals surface area contributed by atoms with Crippen LogP contribution in [0.3, 0.4) is 0 Å². The minimum atomic E-state index is -3.73. The predicted molar refractivity (Wildman–Crippen MR) is 119 cm³/mol. The van der Waals surface area contributed by atoms with Crippen LogP contribution in [-0.4, -0.2) is 52.6 Å². The maximum atomic E-state index is 13.0. The number of rotatable bonds is 7. The van der Waals surface area contributed by atoms with Gasteiger partial charge in [0, 0.05) is 19.1 Å². The third kappa shape index (κ3) is 5.57. The number of methoxy groups -OCH3 is 2. The first-order chi connectivity index (χ1) is 14.7. The van der Waals surface area contributed by atoms with Gasteiger partial charge in [-0.05, 0) is 67.6 Å². The molecule has 0 spiro atoms. The van der Waals surface area contributed by atoms with E-state index in [1.165, 1.54) is 7.11 Å². The van der Waals surface area contributed by atoms with Crippen LogP contribution in [0.5, 0.6) is 11.5 Å². The summed E-state index contributed by atoms with van der Waals surface area (Å²) >= 11 is 0. The van der Waals surface area contributed by atoms with E-state index in [-0.39, 0.29) is 16.8 Å². The van der Waals surface area contributed by atoms with Crippen LogP contribution in [0, 0.1) is 13.8 Å². The van der Waals surface area contributed by atoms with Gasteiger partial charge in [0.15, 0.2) is 0 Å². The van der Waals surface area contributed by atoms with Gasteiger partial charge in [-0.3, -0.25) is 4.79 Å². The lowest BCUT2D eigenvalue weighted by Gasteiger charge is -2.32. The van der Waals surface area contributed by atoms with Crippen LogP contribution in [0.2, 0.25) is 0 Å². The number of carbonyl (C=O) groups excluding carboxylic acids is 1. The van der Waals surface area contributed by atoms with Gasteiger partial charge in [0.1, 0.15) is 16.4 Å². The smallest absolute Gasteiger partial charge is 0.244 e. The third-order valence-electron chi connectivity index (χ3n) is 5.75. The van der Waals surface area contributed by atoms with Gasteiger partial charge < -0.3 is 14.4 Å².